The molecule has 2 fully saturated rings. The molecule has 10 nitrogen and oxygen atoms in total. The molecular weight excluding hydrogens is 446 g/mol. The second-order valence-corrected chi connectivity index (χ2v) is 9.26. The maximum Gasteiger partial charge on any atom is 0.228 e. The summed E-state index contributed by atoms with van der Waals surface area (Å²) in [6, 6.07) is 5.88. The average Bonchev–Trinajstić information content (AvgIpc) is 3.78. The van der Waals surface area contributed by atoms with Crippen molar-refractivity contribution in [1.29, 1.82) is 0 Å². The number of anilines is 1. The minimum absolute atomic E-state index is 0.0339. The van der Waals surface area contributed by atoms with Crippen LogP contribution in [0.1, 0.15) is 37.5 Å². The normalized spacial score (nSPS) is 16.4. The van der Waals surface area contributed by atoms with Gasteiger partial charge in [-0.3, -0.25) is 14.8 Å². The summed E-state index contributed by atoms with van der Waals surface area (Å²) >= 11 is 0. The van der Waals surface area contributed by atoms with Crippen LogP contribution in [-0.4, -0.2) is 48.9 Å². The molecule has 2 aliphatic carbocycles. The van der Waals surface area contributed by atoms with E-state index >= 15 is 0 Å². The molecule has 2 saturated carbocycles. The topological polar surface area (TPSA) is 130 Å². The fraction of sp³-hybridized carbons (Fsp3) is 0.360. The lowest BCUT2D eigenvalue weighted by atomic mass is 10.1. The lowest BCUT2D eigenvalue weighted by Crippen LogP contribution is -2.17. The lowest BCUT2D eigenvalue weighted by molar-refractivity contribution is -0.117. The van der Waals surface area contributed by atoms with Gasteiger partial charge in [0.25, 0.3) is 0 Å². The first kappa shape index (κ1) is 21.8. The number of nitrogens with one attached hydrogen (secondary N) is 3. The van der Waals surface area contributed by atoms with E-state index in [1.165, 1.54) is 0 Å². The van der Waals surface area contributed by atoms with Gasteiger partial charge in [-0.25, -0.2) is 9.97 Å². The van der Waals surface area contributed by atoms with Gasteiger partial charge in [0.15, 0.2) is 5.82 Å². The van der Waals surface area contributed by atoms with Gasteiger partial charge in [-0.15, -0.1) is 0 Å². The maximum atomic E-state index is 12.5. The van der Waals surface area contributed by atoms with Crippen molar-refractivity contribution in [1.82, 2.24) is 30.0 Å². The molecule has 0 bridgehead atoms. The largest absolute Gasteiger partial charge is 0.474 e. The number of aliphatic hydroxyl groups excluding tert-OH is 1. The molecule has 180 valence electrons. The number of rotatable bonds is 8. The maximum absolute atomic E-state index is 12.5. The van der Waals surface area contributed by atoms with Gasteiger partial charge < -0.3 is 20.1 Å². The number of hydrogen-bond acceptors (Lipinski definition) is 7. The van der Waals surface area contributed by atoms with E-state index in [1.807, 2.05) is 31.4 Å². The van der Waals surface area contributed by atoms with E-state index in [9.17, 15) is 9.90 Å². The summed E-state index contributed by atoms with van der Waals surface area (Å²) in [6.45, 7) is 0. The SMILES string of the molecule is CNC(O)c1cnc(NC(=O)C2CC2)c2[nH]c(-c3cc(-c4ccn(C)n4)cnc3OC3CC3)cc12. The number of fused-ring (bicyclic) bond motifs is 1. The van der Waals surface area contributed by atoms with Crippen LogP contribution in [-0.2, 0) is 11.8 Å². The van der Waals surface area contributed by atoms with Crippen molar-refractivity contribution in [2.24, 2.45) is 13.0 Å². The monoisotopic (exact) mass is 473 g/mol. The molecule has 10 heteroatoms. The molecule has 2 aliphatic rings. The predicted molar refractivity (Wildman–Crippen MR) is 131 cm³/mol. The summed E-state index contributed by atoms with van der Waals surface area (Å²) in [5.74, 6) is 0.981. The molecule has 0 aromatic carbocycles. The van der Waals surface area contributed by atoms with Crippen molar-refractivity contribution in [3.63, 3.8) is 0 Å². The van der Waals surface area contributed by atoms with Crippen LogP contribution in [0.3, 0.4) is 0 Å². The Balaban J connectivity index is 1.49. The van der Waals surface area contributed by atoms with E-state index in [0.717, 1.165) is 53.6 Å². The summed E-state index contributed by atoms with van der Waals surface area (Å²) < 4.78 is 7.88. The van der Waals surface area contributed by atoms with Crippen LogP contribution in [0.2, 0.25) is 0 Å². The Morgan fingerprint density at radius 3 is 2.74 bits per heavy atom. The van der Waals surface area contributed by atoms with Crippen LogP contribution in [0.25, 0.3) is 33.4 Å². The van der Waals surface area contributed by atoms with Crippen LogP contribution >= 0.6 is 0 Å². The highest BCUT2D eigenvalue weighted by Gasteiger charge is 2.31. The van der Waals surface area contributed by atoms with Crippen LogP contribution < -0.4 is 15.4 Å². The Morgan fingerprint density at radius 1 is 1.23 bits per heavy atom. The van der Waals surface area contributed by atoms with E-state index in [4.69, 9.17) is 4.74 Å². The Hall–Kier alpha value is -3.76. The summed E-state index contributed by atoms with van der Waals surface area (Å²) in [7, 11) is 3.55. The molecule has 4 heterocycles. The molecule has 0 aliphatic heterocycles. The first-order valence-electron chi connectivity index (χ1n) is 11.8. The molecule has 4 aromatic heterocycles. The lowest BCUT2D eigenvalue weighted by Gasteiger charge is -2.12. The van der Waals surface area contributed by atoms with Gasteiger partial charge in [0.2, 0.25) is 11.8 Å². The second-order valence-electron chi connectivity index (χ2n) is 9.26. The molecule has 1 atom stereocenters. The Morgan fingerprint density at radius 2 is 2.06 bits per heavy atom. The Kier molecular flexibility index (Phi) is 5.27. The summed E-state index contributed by atoms with van der Waals surface area (Å²) in [6.07, 6.45) is 8.32. The highest BCUT2D eigenvalue weighted by molar-refractivity contribution is 6.03. The zero-order chi connectivity index (χ0) is 24.1. The molecule has 1 unspecified atom stereocenters. The number of pyridine rings is 2. The molecule has 4 aromatic rings. The molecule has 1 amide bonds. The van der Waals surface area contributed by atoms with Gasteiger partial charge in [0, 0.05) is 48.1 Å². The quantitative estimate of drug-likeness (QED) is 0.289. The third-order valence-electron chi connectivity index (χ3n) is 6.41. The summed E-state index contributed by atoms with van der Waals surface area (Å²) in [4.78, 5) is 25.0. The van der Waals surface area contributed by atoms with Gasteiger partial charge in [-0.05, 0) is 50.9 Å². The van der Waals surface area contributed by atoms with Gasteiger partial charge in [0.1, 0.15) is 12.3 Å². The highest BCUT2D eigenvalue weighted by atomic mass is 16.5. The summed E-state index contributed by atoms with van der Waals surface area (Å²) in [5.41, 5.74) is 4.44. The van der Waals surface area contributed by atoms with Crippen molar-refractivity contribution < 1.29 is 14.6 Å². The average molecular weight is 474 g/mol. The van der Waals surface area contributed by atoms with Gasteiger partial charge in [0.05, 0.1) is 22.5 Å². The van der Waals surface area contributed by atoms with Gasteiger partial charge >= 0.3 is 0 Å². The van der Waals surface area contributed by atoms with E-state index in [0.29, 0.717) is 22.8 Å². The fourth-order valence-corrected chi connectivity index (χ4v) is 4.11. The van der Waals surface area contributed by atoms with Crippen LogP contribution in [0, 0.1) is 5.92 Å². The van der Waals surface area contributed by atoms with Crippen molar-refractivity contribution in [3.05, 3.63) is 42.4 Å². The molecule has 0 saturated heterocycles. The van der Waals surface area contributed by atoms with Gasteiger partial charge in [-0.1, -0.05) is 0 Å². The predicted octanol–water partition coefficient (Wildman–Crippen LogP) is 3.13. The van der Waals surface area contributed by atoms with E-state index in [2.05, 4.69) is 30.7 Å². The number of hydrogen-bond donors (Lipinski definition) is 4. The van der Waals surface area contributed by atoms with Crippen LogP contribution in [0.15, 0.2) is 36.8 Å². The van der Waals surface area contributed by atoms with Crippen LogP contribution in [0.5, 0.6) is 5.88 Å². The van der Waals surface area contributed by atoms with Crippen molar-refractivity contribution >= 4 is 22.6 Å². The third kappa shape index (κ3) is 4.26. The minimum Gasteiger partial charge on any atom is -0.474 e. The minimum atomic E-state index is -0.915. The van der Waals surface area contributed by atoms with E-state index < -0.39 is 6.23 Å². The first-order chi connectivity index (χ1) is 17.0. The zero-order valence-corrected chi connectivity index (χ0v) is 19.6. The highest BCUT2D eigenvalue weighted by Crippen LogP contribution is 2.39. The number of H-pyrrole nitrogens is 1. The number of aromatic nitrogens is 5. The summed E-state index contributed by atoms with van der Waals surface area (Å²) in [5, 5.41) is 21.6. The van der Waals surface area contributed by atoms with Crippen LogP contribution in [0.4, 0.5) is 5.82 Å². The molecule has 35 heavy (non-hydrogen) atoms. The molecule has 0 radical (unpaired) electrons. The van der Waals surface area contributed by atoms with Crippen molar-refractivity contribution in [2.75, 3.05) is 12.4 Å². The van der Waals surface area contributed by atoms with E-state index in [1.54, 1.807) is 24.1 Å². The first-order valence-corrected chi connectivity index (χ1v) is 11.8. The second kappa shape index (κ2) is 8.47. The van der Waals surface area contributed by atoms with E-state index in [-0.39, 0.29) is 17.9 Å². The number of aryl methyl sites for hydroxylation is 1. The number of amides is 1. The number of ether oxygens (including phenoxy) is 1. The molecule has 4 N–H and O–H groups in total. The van der Waals surface area contributed by atoms with Gasteiger partial charge in [-0.2, -0.15) is 5.10 Å². The van der Waals surface area contributed by atoms with Crippen molar-refractivity contribution in [2.45, 2.75) is 38.0 Å². The number of carbonyl (C=O) groups is 1. The number of aromatic amines is 1. The smallest absolute Gasteiger partial charge is 0.228 e. The Bertz CT molecular complexity index is 1420. The number of aliphatic hydroxyl groups is 1. The van der Waals surface area contributed by atoms with Crippen molar-refractivity contribution in [3.8, 4) is 28.4 Å². The Labute approximate surface area is 201 Å². The molecule has 6 rings (SSSR count). The molecular formula is C25H27N7O3. The standard InChI is InChI=1S/C25H27N7O3/c1-26-24(34)18-12-27-22(30-23(33)13-3-4-13)21-16(18)10-20(29-21)17-9-14(19-7-8-32(2)31-19)11-28-25(17)35-15-5-6-15/h7-13,15,24,26,29,34H,3-6H2,1-2H3,(H,27,30,33). The zero-order valence-electron chi connectivity index (χ0n) is 19.6. The fourth-order valence-electron chi connectivity index (χ4n) is 4.11. The number of carbonyl (C=O) groups excluding carboxylic acids is 1. The molecule has 0 spiro atoms. The third-order valence-corrected chi connectivity index (χ3v) is 6.41. The number of nitrogens with zero attached hydrogens (tertiary/aromatic N) is 4.